The zero-order valence-electron chi connectivity index (χ0n) is 14.9. The van der Waals surface area contributed by atoms with Gasteiger partial charge < -0.3 is 5.32 Å². The highest BCUT2D eigenvalue weighted by atomic mass is 35.5. The van der Waals surface area contributed by atoms with Gasteiger partial charge in [-0.1, -0.05) is 17.7 Å². The molecule has 5 nitrogen and oxygen atoms in total. The highest BCUT2D eigenvalue weighted by Gasteiger charge is 2.37. The van der Waals surface area contributed by atoms with Gasteiger partial charge in [-0.15, -0.1) is 0 Å². The molecule has 0 bridgehead atoms. The second-order valence-electron chi connectivity index (χ2n) is 6.54. The summed E-state index contributed by atoms with van der Waals surface area (Å²) < 4.78 is 55.0. The van der Waals surface area contributed by atoms with E-state index >= 15 is 0 Å². The number of nitrogens with zero attached hydrogens (tertiary/aromatic N) is 1. The molecule has 3 rings (SSSR count). The van der Waals surface area contributed by atoms with Crippen molar-refractivity contribution in [2.24, 2.45) is 0 Å². The zero-order chi connectivity index (χ0) is 20.3. The molecule has 2 aromatic rings. The van der Waals surface area contributed by atoms with Crippen molar-refractivity contribution in [1.29, 1.82) is 0 Å². The average Bonchev–Trinajstić information content (AvgIpc) is 2.86. The molecule has 28 heavy (non-hydrogen) atoms. The molecule has 0 aromatic heterocycles. The van der Waals surface area contributed by atoms with Gasteiger partial charge in [0.2, 0.25) is 15.9 Å². The fourth-order valence-corrected chi connectivity index (χ4v) is 4.84. The molecule has 1 N–H and O–H groups in total. The summed E-state index contributed by atoms with van der Waals surface area (Å²) in [4.78, 5) is 12.5. The molecule has 1 amide bonds. The van der Waals surface area contributed by atoms with Gasteiger partial charge in [0.25, 0.3) is 0 Å². The summed E-state index contributed by atoms with van der Waals surface area (Å²) >= 11 is 5.84. The van der Waals surface area contributed by atoms with Crippen molar-refractivity contribution in [3.8, 4) is 0 Å². The number of sulfonamides is 1. The molecule has 0 saturated carbocycles. The molecule has 1 fully saturated rings. The molecule has 1 saturated heterocycles. The first-order valence-electron chi connectivity index (χ1n) is 8.78. The number of hydrogen-bond donors (Lipinski definition) is 1. The van der Waals surface area contributed by atoms with Crippen molar-refractivity contribution in [2.75, 3.05) is 6.54 Å². The maximum absolute atomic E-state index is 14.2. The van der Waals surface area contributed by atoms with E-state index in [1.54, 1.807) is 0 Å². The van der Waals surface area contributed by atoms with Gasteiger partial charge in [-0.3, -0.25) is 4.79 Å². The van der Waals surface area contributed by atoms with E-state index in [4.69, 9.17) is 11.6 Å². The van der Waals surface area contributed by atoms with Gasteiger partial charge in [-0.05, 0) is 49.6 Å². The highest BCUT2D eigenvalue weighted by Crippen LogP contribution is 2.26. The monoisotopic (exact) mass is 428 g/mol. The van der Waals surface area contributed by atoms with Gasteiger partial charge in [0.1, 0.15) is 17.7 Å². The van der Waals surface area contributed by atoms with E-state index in [2.05, 4.69) is 5.32 Å². The minimum atomic E-state index is -4.14. The quantitative estimate of drug-likeness (QED) is 0.792. The first-order valence-corrected chi connectivity index (χ1v) is 10.6. The Balaban J connectivity index is 2.05. The molecular formula is C19H19ClF2N2O3S. The Hall–Kier alpha value is -2.03. The summed E-state index contributed by atoms with van der Waals surface area (Å²) in [5.74, 6) is -2.07. The second-order valence-corrected chi connectivity index (χ2v) is 8.87. The standard InChI is InChI=1S/C19H19ClF2N2O3S/c20-14-5-8-16(9-6-14)28(26,27)24(18-3-1-2-10-23-19(18)25)12-13-4-7-15(21)11-17(13)22/h4-9,11,18H,1-3,10,12H2,(H,23,25). The summed E-state index contributed by atoms with van der Waals surface area (Å²) in [6.45, 7) is 0.0598. The fourth-order valence-electron chi connectivity index (χ4n) is 3.12. The molecule has 1 unspecified atom stereocenters. The average molecular weight is 429 g/mol. The Bertz CT molecular complexity index is 968. The summed E-state index contributed by atoms with van der Waals surface area (Å²) in [7, 11) is -4.14. The van der Waals surface area contributed by atoms with Crippen molar-refractivity contribution in [1.82, 2.24) is 9.62 Å². The van der Waals surface area contributed by atoms with Crippen LogP contribution in [0.3, 0.4) is 0 Å². The zero-order valence-corrected chi connectivity index (χ0v) is 16.4. The van der Waals surface area contributed by atoms with E-state index in [-0.39, 0.29) is 10.5 Å². The summed E-state index contributed by atoms with van der Waals surface area (Å²) in [6, 6.07) is 7.46. The van der Waals surface area contributed by atoms with Crippen molar-refractivity contribution in [3.63, 3.8) is 0 Å². The van der Waals surface area contributed by atoms with Crippen molar-refractivity contribution in [2.45, 2.75) is 36.7 Å². The molecule has 0 radical (unpaired) electrons. The fraction of sp³-hybridized carbons (Fsp3) is 0.316. The van der Waals surface area contributed by atoms with Crippen LogP contribution in [0, 0.1) is 11.6 Å². The normalized spacial score (nSPS) is 18.0. The molecule has 1 aliphatic heterocycles. The summed E-state index contributed by atoms with van der Waals surface area (Å²) in [6.07, 6.45) is 1.67. The lowest BCUT2D eigenvalue weighted by atomic mass is 10.1. The molecule has 150 valence electrons. The number of nitrogens with one attached hydrogen (secondary N) is 1. The van der Waals surface area contributed by atoms with E-state index in [1.807, 2.05) is 0 Å². The molecule has 0 aliphatic carbocycles. The van der Waals surface area contributed by atoms with Gasteiger partial charge in [0.15, 0.2) is 0 Å². The lowest BCUT2D eigenvalue weighted by Gasteiger charge is -2.29. The highest BCUT2D eigenvalue weighted by molar-refractivity contribution is 7.89. The maximum atomic E-state index is 14.2. The predicted molar refractivity (Wildman–Crippen MR) is 101 cm³/mol. The Morgan fingerprint density at radius 3 is 2.50 bits per heavy atom. The van der Waals surface area contributed by atoms with Crippen LogP contribution in [-0.4, -0.2) is 31.2 Å². The molecule has 9 heteroatoms. The number of amides is 1. The van der Waals surface area contributed by atoms with Crippen molar-refractivity contribution in [3.05, 3.63) is 64.7 Å². The molecular weight excluding hydrogens is 410 g/mol. The van der Waals surface area contributed by atoms with Crippen LogP contribution in [0.25, 0.3) is 0 Å². The topological polar surface area (TPSA) is 66.5 Å². The summed E-state index contributed by atoms with van der Waals surface area (Å²) in [5, 5.41) is 3.06. The Morgan fingerprint density at radius 1 is 1.11 bits per heavy atom. The van der Waals surface area contributed by atoms with Gasteiger partial charge in [0.05, 0.1) is 4.90 Å². The summed E-state index contributed by atoms with van der Waals surface area (Å²) in [5.41, 5.74) is -0.0176. The first kappa shape index (κ1) is 20.7. The van der Waals surface area contributed by atoms with Crippen LogP contribution in [0.4, 0.5) is 8.78 Å². The van der Waals surface area contributed by atoms with Crippen LogP contribution >= 0.6 is 11.6 Å². The third kappa shape index (κ3) is 4.51. The molecule has 2 aromatic carbocycles. The SMILES string of the molecule is O=C1NCCCCC1N(Cc1ccc(F)cc1F)S(=O)(=O)c1ccc(Cl)cc1. The van der Waals surface area contributed by atoms with Crippen LogP contribution < -0.4 is 5.32 Å². The third-order valence-electron chi connectivity index (χ3n) is 4.62. The lowest BCUT2D eigenvalue weighted by molar-refractivity contribution is -0.124. The largest absolute Gasteiger partial charge is 0.355 e. The minimum absolute atomic E-state index is 0.0176. The van der Waals surface area contributed by atoms with Crippen LogP contribution in [-0.2, 0) is 21.4 Å². The number of halogens is 3. The first-order chi connectivity index (χ1) is 13.3. The molecule has 1 heterocycles. The molecule has 1 atom stereocenters. The van der Waals surface area contributed by atoms with Gasteiger partial charge >= 0.3 is 0 Å². The number of rotatable bonds is 5. The van der Waals surface area contributed by atoms with Crippen LogP contribution in [0.5, 0.6) is 0 Å². The van der Waals surface area contributed by atoms with Crippen LogP contribution in [0.2, 0.25) is 5.02 Å². The molecule has 0 spiro atoms. The smallest absolute Gasteiger partial charge is 0.244 e. The van der Waals surface area contributed by atoms with Gasteiger partial charge in [-0.2, -0.15) is 4.31 Å². The number of carbonyl (C=O) groups excluding carboxylic acids is 1. The van der Waals surface area contributed by atoms with E-state index in [1.165, 1.54) is 30.3 Å². The van der Waals surface area contributed by atoms with Crippen LogP contribution in [0.15, 0.2) is 47.4 Å². The number of hydrogen-bond acceptors (Lipinski definition) is 3. The lowest BCUT2D eigenvalue weighted by Crippen LogP contribution is -2.48. The number of carbonyl (C=O) groups is 1. The number of benzene rings is 2. The van der Waals surface area contributed by atoms with Crippen LogP contribution in [0.1, 0.15) is 24.8 Å². The Kier molecular flexibility index (Phi) is 6.32. The Morgan fingerprint density at radius 2 is 1.82 bits per heavy atom. The van der Waals surface area contributed by atoms with Gasteiger partial charge in [0, 0.05) is 29.7 Å². The van der Waals surface area contributed by atoms with Gasteiger partial charge in [-0.25, -0.2) is 17.2 Å². The second kappa shape index (κ2) is 8.55. The third-order valence-corrected chi connectivity index (χ3v) is 6.74. The van der Waals surface area contributed by atoms with Crippen molar-refractivity contribution < 1.29 is 22.0 Å². The van der Waals surface area contributed by atoms with E-state index in [0.717, 1.165) is 16.8 Å². The Labute approximate surface area is 167 Å². The predicted octanol–water partition coefficient (Wildman–Crippen LogP) is 3.48. The van der Waals surface area contributed by atoms with E-state index in [9.17, 15) is 22.0 Å². The minimum Gasteiger partial charge on any atom is -0.355 e. The maximum Gasteiger partial charge on any atom is 0.244 e. The van der Waals surface area contributed by atoms with E-state index in [0.29, 0.717) is 30.5 Å². The van der Waals surface area contributed by atoms with E-state index < -0.39 is 40.2 Å². The van der Waals surface area contributed by atoms with Crippen molar-refractivity contribution >= 4 is 27.5 Å². The molecule has 1 aliphatic rings.